The van der Waals surface area contributed by atoms with Gasteiger partial charge in [0.25, 0.3) is 0 Å². The summed E-state index contributed by atoms with van der Waals surface area (Å²) in [6.45, 7) is 14.5. The minimum atomic E-state index is -0.168. The van der Waals surface area contributed by atoms with Crippen molar-refractivity contribution in [3.63, 3.8) is 0 Å². The van der Waals surface area contributed by atoms with Crippen molar-refractivity contribution in [2.24, 2.45) is 10.4 Å². The SMILES string of the molecule is CCN(CC)CCCCNCc1cc(/C=N/CC(C)(C)CO)ccn1. The van der Waals surface area contributed by atoms with Crippen LogP contribution >= 0.6 is 0 Å². The molecular formula is C20H36N4O. The Morgan fingerprint density at radius 1 is 1.28 bits per heavy atom. The first kappa shape index (κ1) is 21.7. The van der Waals surface area contributed by atoms with Gasteiger partial charge in [0.2, 0.25) is 0 Å². The standard InChI is InChI=1S/C20H36N4O/c1-5-24(6-2)12-8-7-10-21-15-19-13-18(9-11-23-19)14-22-16-20(3,4)17-25/h9,11,13-14,21,25H,5-8,10,12,15-17H2,1-4H3/b22-14+. The van der Waals surface area contributed by atoms with Crippen molar-refractivity contribution >= 4 is 6.21 Å². The maximum atomic E-state index is 9.26. The number of aromatic nitrogens is 1. The first-order valence-electron chi connectivity index (χ1n) is 9.49. The maximum absolute atomic E-state index is 9.26. The van der Waals surface area contributed by atoms with E-state index in [1.807, 2.05) is 32.3 Å². The second-order valence-electron chi connectivity index (χ2n) is 7.28. The number of hydrogen-bond donors (Lipinski definition) is 2. The fraction of sp³-hybridized carbons (Fsp3) is 0.700. The van der Waals surface area contributed by atoms with Crippen LogP contribution in [0.1, 0.15) is 51.8 Å². The molecule has 0 saturated heterocycles. The van der Waals surface area contributed by atoms with Crippen LogP contribution in [0.5, 0.6) is 0 Å². The lowest BCUT2D eigenvalue weighted by Crippen LogP contribution is -2.25. The van der Waals surface area contributed by atoms with Gasteiger partial charge in [-0.25, -0.2) is 0 Å². The third-order valence-electron chi connectivity index (χ3n) is 4.31. The number of hydrogen-bond acceptors (Lipinski definition) is 5. The second-order valence-corrected chi connectivity index (χ2v) is 7.28. The topological polar surface area (TPSA) is 60.8 Å². The minimum absolute atomic E-state index is 0.143. The maximum Gasteiger partial charge on any atom is 0.0548 e. The van der Waals surface area contributed by atoms with E-state index in [1.54, 1.807) is 0 Å². The molecule has 0 fully saturated rings. The molecule has 5 nitrogen and oxygen atoms in total. The predicted octanol–water partition coefficient (Wildman–Crippen LogP) is 2.73. The van der Waals surface area contributed by atoms with Crippen LogP contribution in [-0.4, -0.2) is 60.5 Å². The van der Waals surface area contributed by atoms with E-state index in [-0.39, 0.29) is 12.0 Å². The molecule has 1 rings (SSSR count). The third-order valence-corrected chi connectivity index (χ3v) is 4.31. The Hall–Kier alpha value is -1.30. The molecule has 2 N–H and O–H groups in total. The van der Waals surface area contributed by atoms with E-state index in [9.17, 15) is 5.11 Å². The summed E-state index contributed by atoms with van der Waals surface area (Å²) >= 11 is 0. The van der Waals surface area contributed by atoms with Gasteiger partial charge in [-0.3, -0.25) is 9.98 Å². The van der Waals surface area contributed by atoms with Crippen LogP contribution in [-0.2, 0) is 6.54 Å². The number of aliphatic hydroxyl groups excluding tert-OH is 1. The van der Waals surface area contributed by atoms with E-state index in [2.05, 4.69) is 40.1 Å². The molecule has 0 unspecified atom stereocenters. The molecule has 142 valence electrons. The Kier molecular flexibility index (Phi) is 10.5. The molecule has 1 heterocycles. The smallest absolute Gasteiger partial charge is 0.0548 e. The predicted molar refractivity (Wildman–Crippen MR) is 106 cm³/mol. The fourth-order valence-electron chi connectivity index (χ4n) is 2.46. The highest BCUT2D eigenvalue weighted by Gasteiger charge is 2.14. The highest BCUT2D eigenvalue weighted by atomic mass is 16.3. The van der Waals surface area contributed by atoms with Crippen molar-refractivity contribution < 1.29 is 5.11 Å². The van der Waals surface area contributed by atoms with Crippen LogP contribution < -0.4 is 5.32 Å². The molecule has 0 radical (unpaired) electrons. The number of aliphatic hydroxyl groups is 1. The van der Waals surface area contributed by atoms with Crippen molar-refractivity contribution in [1.29, 1.82) is 0 Å². The third kappa shape index (κ3) is 9.68. The number of nitrogens with one attached hydrogen (secondary N) is 1. The van der Waals surface area contributed by atoms with Crippen LogP contribution in [0.15, 0.2) is 23.3 Å². The molecule has 0 aromatic carbocycles. The molecule has 1 aromatic rings. The molecule has 0 bridgehead atoms. The Balaban J connectivity index is 2.30. The van der Waals surface area contributed by atoms with Crippen molar-refractivity contribution in [2.45, 2.75) is 47.1 Å². The Labute approximate surface area is 153 Å². The molecule has 0 saturated carbocycles. The minimum Gasteiger partial charge on any atom is -0.396 e. The quantitative estimate of drug-likeness (QED) is 0.425. The van der Waals surface area contributed by atoms with E-state index in [1.165, 1.54) is 19.4 Å². The lowest BCUT2D eigenvalue weighted by atomic mass is 9.95. The summed E-state index contributed by atoms with van der Waals surface area (Å²) in [5, 5.41) is 12.7. The van der Waals surface area contributed by atoms with Gasteiger partial charge in [-0.05, 0) is 56.7 Å². The van der Waals surface area contributed by atoms with E-state index < -0.39 is 0 Å². The molecule has 0 aliphatic heterocycles. The molecule has 0 atom stereocenters. The van der Waals surface area contributed by atoms with E-state index in [4.69, 9.17) is 0 Å². The first-order chi connectivity index (χ1) is 12.0. The summed E-state index contributed by atoms with van der Waals surface area (Å²) in [5.41, 5.74) is 1.93. The van der Waals surface area contributed by atoms with Crippen LogP contribution in [0.25, 0.3) is 0 Å². The second kappa shape index (κ2) is 12.1. The molecule has 5 heteroatoms. The largest absolute Gasteiger partial charge is 0.396 e. The van der Waals surface area contributed by atoms with Crippen molar-refractivity contribution in [2.75, 3.05) is 39.3 Å². The van der Waals surface area contributed by atoms with Gasteiger partial charge in [0.15, 0.2) is 0 Å². The Morgan fingerprint density at radius 3 is 2.72 bits per heavy atom. The van der Waals surface area contributed by atoms with E-state index in [0.29, 0.717) is 6.54 Å². The summed E-state index contributed by atoms with van der Waals surface area (Å²) in [6.07, 6.45) is 6.12. The van der Waals surface area contributed by atoms with Gasteiger partial charge in [0.1, 0.15) is 0 Å². The lowest BCUT2D eigenvalue weighted by molar-refractivity contribution is 0.167. The lowest BCUT2D eigenvalue weighted by Gasteiger charge is -2.17. The monoisotopic (exact) mass is 348 g/mol. The van der Waals surface area contributed by atoms with Gasteiger partial charge < -0.3 is 15.3 Å². The average Bonchev–Trinajstić information content (AvgIpc) is 2.61. The molecule has 0 aliphatic carbocycles. The summed E-state index contributed by atoms with van der Waals surface area (Å²) in [6, 6.07) is 4.03. The molecule has 0 amide bonds. The van der Waals surface area contributed by atoms with Gasteiger partial charge in [-0.15, -0.1) is 0 Å². The van der Waals surface area contributed by atoms with Crippen LogP contribution in [0.3, 0.4) is 0 Å². The highest BCUT2D eigenvalue weighted by Crippen LogP contribution is 2.13. The summed E-state index contributed by atoms with van der Waals surface area (Å²) in [7, 11) is 0. The van der Waals surface area contributed by atoms with E-state index in [0.717, 1.165) is 37.4 Å². The Morgan fingerprint density at radius 2 is 2.04 bits per heavy atom. The summed E-state index contributed by atoms with van der Waals surface area (Å²) < 4.78 is 0. The number of nitrogens with zero attached hydrogens (tertiary/aromatic N) is 3. The summed E-state index contributed by atoms with van der Waals surface area (Å²) in [4.78, 5) is 11.3. The van der Waals surface area contributed by atoms with Crippen molar-refractivity contribution in [3.8, 4) is 0 Å². The molecule has 25 heavy (non-hydrogen) atoms. The summed E-state index contributed by atoms with van der Waals surface area (Å²) in [5.74, 6) is 0. The number of pyridine rings is 1. The van der Waals surface area contributed by atoms with Crippen LogP contribution in [0.2, 0.25) is 0 Å². The number of aliphatic imine (C=N–C) groups is 1. The van der Waals surface area contributed by atoms with Crippen LogP contribution in [0.4, 0.5) is 0 Å². The normalized spacial score (nSPS) is 12.4. The zero-order chi connectivity index (χ0) is 18.5. The first-order valence-corrected chi connectivity index (χ1v) is 9.49. The number of rotatable bonds is 13. The average molecular weight is 349 g/mol. The number of unbranched alkanes of at least 4 members (excludes halogenated alkanes) is 1. The van der Waals surface area contributed by atoms with Gasteiger partial charge in [0, 0.05) is 37.5 Å². The zero-order valence-electron chi connectivity index (χ0n) is 16.5. The van der Waals surface area contributed by atoms with Gasteiger partial charge >= 0.3 is 0 Å². The fourth-order valence-corrected chi connectivity index (χ4v) is 2.46. The van der Waals surface area contributed by atoms with Crippen molar-refractivity contribution in [1.82, 2.24) is 15.2 Å². The molecule has 0 aliphatic rings. The molecule has 1 aromatic heterocycles. The van der Waals surface area contributed by atoms with Crippen LogP contribution in [0, 0.1) is 5.41 Å². The van der Waals surface area contributed by atoms with E-state index >= 15 is 0 Å². The molecular weight excluding hydrogens is 312 g/mol. The van der Waals surface area contributed by atoms with Gasteiger partial charge in [-0.2, -0.15) is 0 Å². The molecule has 0 spiro atoms. The van der Waals surface area contributed by atoms with Gasteiger partial charge in [-0.1, -0.05) is 27.7 Å². The Bertz CT molecular complexity index is 498. The van der Waals surface area contributed by atoms with Gasteiger partial charge in [0.05, 0.1) is 5.69 Å². The van der Waals surface area contributed by atoms with Crippen molar-refractivity contribution in [3.05, 3.63) is 29.6 Å². The highest BCUT2D eigenvalue weighted by molar-refractivity contribution is 5.79. The zero-order valence-corrected chi connectivity index (χ0v) is 16.5.